The largest absolute Gasteiger partial charge is 0.370 e. The van der Waals surface area contributed by atoms with Crippen LogP contribution in [0, 0.1) is 0 Å². The minimum Gasteiger partial charge on any atom is -0.370 e. The summed E-state index contributed by atoms with van der Waals surface area (Å²) in [5.41, 5.74) is 8.89. The van der Waals surface area contributed by atoms with Gasteiger partial charge in [0.2, 0.25) is 5.91 Å². The molecular formula is C19H21ClN2O. The fraction of sp³-hybridized carbons (Fsp3) is 0.316. The van der Waals surface area contributed by atoms with Gasteiger partial charge < -0.3 is 11.1 Å². The van der Waals surface area contributed by atoms with Gasteiger partial charge in [0.25, 0.3) is 0 Å². The molecular weight excluding hydrogens is 308 g/mol. The molecule has 0 radical (unpaired) electrons. The van der Waals surface area contributed by atoms with Crippen LogP contribution in [0.4, 0.5) is 0 Å². The molecule has 1 saturated carbocycles. The molecule has 1 fully saturated rings. The Morgan fingerprint density at radius 2 is 1.70 bits per heavy atom. The highest BCUT2D eigenvalue weighted by Crippen LogP contribution is 2.41. The molecule has 3 rings (SSSR count). The second kappa shape index (κ2) is 7.16. The van der Waals surface area contributed by atoms with Gasteiger partial charge in [-0.05, 0) is 48.2 Å². The number of nitrogens with two attached hydrogens (primary N) is 1. The van der Waals surface area contributed by atoms with Gasteiger partial charge in [-0.2, -0.15) is 0 Å². The van der Waals surface area contributed by atoms with Crippen molar-refractivity contribution in [2.45, 2.75) is 31.2 Å². The second-order valence-electron chi connectivity index (χ2n) is 6.10. The fourth-order valence-electron chi connectivity index (χ4n) is 2.90. The van der Waals surface area contributed by atoms with E-state index in [4.69, 9.17) is 17.3 Å². The predicted octanol–water partition coefficient (Wildman–Crippen LogP) is 3.72. The number of hydrogen-bond donors (Lipinski definition) is 2. The first-order valence-corrected chi connectivity index (χ1v) is 8.39. The van der Waals surface area contributed by atoms with Gasteiger partial charge in [-0.15, -0.1) is 0 Å². The zero-order valence-corrected chi connectivity index (χ0v) is 13.7. The van der Waals surface area contributed by atoms with Crippen LogP contribution < -0.4 is 11.1 Å². The summed E-state index contributed by atoms with van der Waals surface area (Å²) >= 11 is 5.93. The number of primary amides is 1. The lowest BCUT2D eigenvalue weighted by molar-refractivity contribution is -0.118. The van der Waals surface area contributed by atoms with Crippen LogP contribution in [0.25, 0.3) is 11.1 Å². The van der Waals surface area contributed by atoms with E-state index in [9.17, 15) is 4.79 Å². The second-order valence-corrected chi connectivity index (χ2v) is 6.54. The molecule has 2 atom stereocenters. The van der Waals surface area contributed by atoms with Gasteiger partial charge >= 0.3 is 0 Å². The summed E-state index contributed by atoms with van der Waals surface area (Å²) in [5.74, 6) is 0.361. The molecule has 0 saturated heterocycles. The summed E-state index contributed by atoms with van der Waals surface area (Å²) in [4.78, 5) is 10.7. The van der Waals surface area contributed by atoms with Crippen molar-refractivity contribution in [3.05, 3.63) is 59.1 Å². The number of carbonyl (C=O) groups excluding carboxylic acids is 1. The van der Waals surface area contributed by atoms with Crippen molar-refractivity contribution < 1.29 is 4.79 Å². The van der Waals surface area contributed by atoms with Gasteiger partial charge in [0.05, 0.1) is 0 Å². The average molecular weight is 329 g/mol. The van der Waals surface area contributed by atoms with Crippen molar-refractivity contribution in [3.8, 4) is 11.1 Å². The molecule has 0 aromatic heterocycles. The summed E-state index contributed by atoms with van der Waals surface area (Å²) in [6.45, 7) is 0.854. The van der Waals surface area contributed by atoms with E-state index < -0.39 is 0 Å². The third kappa shape index (κ3) is 4.34. The Morgan fingerprint density at radius 1 is 1.09 bits per heavy atom. The van der Waals surface area contributed by atoms with Crippen molar-refractivity contribution in [2.75, 3.05) is 6.54 Å². The molecule has 1 aliphatic rings. The van der Waals surface area contributed by atoms with Crippen molar-refractivity contribution in [3.63, 3.8) is 0 Å². The number of nitrogens with one attached hydrogen (secondary N) is 1. The summed E-state index contributed by atoms with van der Waals surface area (Å²) in [7, 11) is 0. The number of hydrogen-bond acceptors (Lipinski definition) is 2. The number of carbonyl (C=O) groups is 1. The number of benzene rings is 2. The Balaban J connectivity index is 1.52. The van der Waals surface area contributed by atoms with Gasteiger partial charge in [-0.25, -0.2) is 0 Å². The first-order valence-electron chi connectivity index (χ1n) is 8.01. The van der Waals surface area contributed by atoms with E-state index in [0.29, 0.717) is 18.4 Å². The quantitative estimate of drug-likeness (QED) is 0.761. The topological polar surface area (TPSA) is 55.1 Å². The molecule has 23 heavy (non-hydrogen) atoms. The molecule has 0 spiro atoms. The van der Waals surface area contributed by atoms with E-state index in [1.165, 1.54) is 16.7 Å². The van der Waals surface area contributed by atoms with Gasteiger partial charge in [-0.1, -0.05) is 48.0 Å². The standard InChI is InChI=1S/C19H21ClN2O/c20-16-9-7-14(8-10-16)13-3-5-15(6-4-13)17-12-18(17)22-11-1-2-19(21)23/h3-10,17-18,22H,1-2,11-12H2,(H2,21,23)/t17?,18-/m0/s1. The Bertz CT molecular complexity index is 667. The molecule has 3 N–H and O–H groups in total. The average Bonchev–Trinajstić information content (AvgIpc) is 3.32. The Morgan fingerprint density at radius 3 is 2.30 bits per heavy atom. The predicted molar refractivity (Wildman–Crippen MR) is 94.5 cm³/mol. The summed E-state index contributed by atoms with van der Waals surface area (Å²) in [5, 5.41) is 4.25. The normalized spacial score (nSPS) is 19.5. The third-order valence-corrected chi connectivity index (χ3v) is 4.57. The summed E-state index contributed by atoms with van der Waals surface area (Å²) in [6.07, 6.45) is 2.44. The minimum absolute atomic E-state index is 0.225. The van der Waals surface area contributed by atoms with Crippen LogP contribution in [0.1, 0.15) is 30.7 Å². The lowest BCUT2D eigenvalue weighted by atomic mass is 10.0. The third-order valence-electron chi connectivity index (χ3n) is 4.31. The van der Waals surface area contributed by atoms with E-state index in [0.717, 1.165) is 24.4 Å². The van der Waals surface area contributed by atoms with Crippen LogP contribution in [0.3, 0.4) is 0 Å². The monoisotopic (exact) mass is 328 g/mol. The van der Waals surface area contributed by atoms with Crippen LogP contribution >= 0.6 is 11.6 Å². The molecule has 1 unspecified atom stereocenters. The van der Waals surface area contributed by atoms with Gasteiger partial charge in [0, 0.05) is 23.4 Å². The Labute approximate surface area is 141 Å². The molecule has 0 heterocycles. The highest BCUT2D eigenvalue weighted by Gasteiger charge is 2.37. The molecule has 1 aliphatic carbocycles. The number of rotatable bonds is 7. The smallest absolute Gasteiger partial charge is 0.217 e. The first kappa shape index (κ1) is 16.0. The molecule has 4 heteroatoms. The maximum atomic E-state index is 10.7. The van der Waals surface area contributed by atoms with Crippen molar-refractivity contribution in [1.29, 1.82) is 0 Å². The molecule has 0 bridgehead atoms. The molecule has 120 valence electrons. The van der Waals surface area contributed by atoms with Gasteiger partial charge in [0.15, 0.2) is 0 Å². The molecule has 2 aromatic carbocycles. The lowest BCUT2D eigenvalue weighted by Gasteiger charge is -2.06. The van der Waals surface area contributed by atoms with E-state index in [-0.39, 0.29) is 5.91 Å². The van der Waals surface area contributed by atoms with Crippen LogP contribution in [0.5, 0.6) is 0 Å². The van der Waals surface area contributed by atoms with Crippen molar-refractivity contribution in [1.82, 2.24) is 5.32 Å². The van der Waals surface area contributed by atoms with E-state index in [2.05, 4.69) is 29.6 Å². The van der Waals surface area contributed by atoms with E-state index in [1.54, 1.807) is 0 Å². The van der Waals surface area contributed by atoms with Gasteiger partial charge in [-0.3, -0.25) is 4.79 Å². The Kier molecular flexibility index (Phi) is 4.99. The molecule has 0 aliphatic heterocycles. The fourth-order valence-corrected chi connectivity index (χ4v) is 3.03. The van der Waals surface area contributed by atoms with Crippen LogP contribution in [0.15, 0.2) is 48.5 Å². The SMILES string of the molecule is NC(=O)CCCN[C@H]1CC1c1ccc(-c2ccc(Cl)cc2)cc1. The van der Waals surface area contributed by atoms with Crippen molar-refractivity contribution in [2.24, 2.45) is 5.73 Å². The molecule has 2 aromatic rings. The van der Waals surface area contributed by atoms with Gasteiger partial charge in [0.1, 0.15) is 0 Å². The minimum atomic E-state index is -0.225. The van der Waals surface area contributed by atoms with Crippen LogP contribution in [-0.2, 0) is 4.79 Å². The number of amides is 1. The molecule has 3 nitrogen and oxygen atoms in total. The number of halogens is 1. The van der Waals surface area contributed by atoms with E-state index in [1.807, 2.05) is 24.3 Å². The highest BCUT2D eigenvalue weighted by molar-refractivity contribution is 6.30. The zero-order chi connectivity index (χ0) is 16.2. The van der Waals surface area contributed by atoms with Crippen molar-refractivity contribution >= 4 is 17.5 Å². The summed E-state index contributed by atoms with van der Waals surface area (Å²) in [6, 6.07) is 17.2. The van der Waals surface area contributed by atoms with Crippen LogP contribution in [-0.4, -0.2) is 18.5 Å². The summed E-state index contributed by atoms with van der Waals surface area (Å²) < 4.78 is 0. The molecule has 1 amide bonds. The van der Waals surface area contributed by atoms with E-state index >= 15 is 0 Å². The zero-order valence-electron chi connectivity index (χ0n) is 13.0. The van der Waals surface area contributed by atoms with Crippen LogP contribution in [0.2, 0.25) is 5.02 Å². The maximum absolute atomic E-state index is 10.7. The first-order chi connectivity index (χ1) is 11.1. The Hall–Kier alpha value is -1.84. The highest BCUT2D eigenvalue weighted by atomic mass is 35.5. The lowest BCUT2D eigenvalue weighted by Crippen LogP contribution is -2.21. The maximum Gasteiger partial charge on any atom is 0.217 e.